The van der Waals surface area contributed by atoms with Gasteiger partial charge in [0.05, 0.1) is 22.1 Å². The molecule has 0 radical (unpaired) electrons. The maximum absolute atomic E-state index is 10.6. The van der Waals surface area contributed by atoms with E-state index < -0.39 is 10.5 Å². The van der Waals surface area contributed by atoms with Crippen molar-refractivity contribution in [3.8, 4) is 11.8 Å². The van der Waals surface area contributed by atoms with Gasteiger partial charge >= 0.3 is 0 Å². The van der Waals surface area contributed by atoms with Crippen LogP contribution in [-0.4, -0.2) is 17.1 Å². The van der Waals surface area contributed by atoms with Crippen LogP contribution < -0.4 is 10.5 Å². The largest absolute Gasteiger partial charge is 0.489 e. The second-order valence-corrected chi connectivity index (χ2v) is 4.10. The van der Waals surface area contributed by atoms with Crippen molar-refractivity contribution in [3.63, 3.8) is 0 Å². The Bertz CT molecular complexity index is 482. The van der Waals surface area contributed by atoms with Gasteiger partial charge in [-0.25, -0.2) is 0 Å². The fourth-order valence-electron chi connectivity index (χ4n) is 0.976. The molecule has 6 nitrogen and oxygen atoms in total. The molecule has 0 bridgehead atoms. The Hall–Kier alpha value is -1.84. The molecule has 1 aromatic rings. The van der Waals surface area contributed by atoms with Gasteiger partial charge in [0.1, 0.15) is 17.9 Å². The van der Waals surface area contributed by atoms with Crippen LogP contribution in [0.5, 0.6) is 5.75 Å². The zero-order chi connectivity index (χ0) is 13.1. The molecule has 1 atom stereocenters. The van der Waals surface area contributed by atoms with Crippen molar-refractivity contribution in [1.82, 2.24) is 0 Å². The van der Waals surface area contributed by atoms with E-state index in [0.717, 1.165) is 0 Å². The molecule has 0 saturated heterocycles. The minimum Gasteiger partial charge on any atom is -0.489 e. The molecule has 0 aromatic heterocycles. The average Bonchev–Trinajstić information content (AvgIpc) is 2.27. The molecule has 0 aliphatic carbocycles. The summed E-state index contributed by atoms with van der Waals surface area (Å²) >= 11 is 5.80. The summed E-state index contributed by atoms with van der Waals surface area (Å²) in [5, 5.41) is 19.5. The van der Waals surface area contributed by atoms with E-state index in [1.54, 1.807) is 0 Å². The third kappa shape index (κ3) is 3.59. The Morgan fingerprint density at radius 2 is 2.35 bits per heavy atom. The van der Waals surface area contributed by atoms with Gasteiger partial charge in [0.25, 0.3) is 5.69 Å². The highest BCUT2D eigenvalue weighted by molar-refractivity contribution is 6.32. The third-order valence-electron chi connectivity index (χ3n) is 1.91. The molecule has 0 spiro atoms. The van der Waals surface area contributed by atoms with Gasteiger partial charge in [-0.05, 0) is 13.0 Å². The first-order chi connectivity index (χ1) is 7.85. The zero-order valence-corrected chi connectivity index (χ0v) is 9.77. The lowest BCUT2D eigenvalue weighted by Gasteiger charge is -2.16. The number of nitrogens with two attached hydrogens (primary N) is 1. The molecule has 2 N–H and O–H groups in total. The smallest absolute Gasteiger partial charge is 0.273 e. The topological polar surface area (TPSA) is 102 Å². The maximum atomic E-state index is 10.6. The minimum atomic E-state index is -1.17. The Balaban J connectivity index is 2.88. The first-order valence-electron chi connectivity index (χ1n) is 4.62. The van der Waals surface area contributed by atoms with E-state index in [4.69, 9.17) is 27.3 Å². The molecule has 1 rings (SSSR count). The van der Waals surface area contributed by atoms with Gasteiger partial charge in [-0.2, -0.15) is 5.26 Å². The Morgan fingerprint density at radius 3 is 2.88 bits per heavy atom. The van der Waals surface area contributed by atoms with Gasteiger partial charge in [-0.3, -0.25) is 10.1 Å². The van der Waals surface area contributed by atoms with Gasteiger partial charge in [0, 0.05) is 6.07 Å². The molecule has 90 valence electrons. The van der Waals surface area contributed by atoms with E-state index in [2.05, 4.69) is 0 Å². The summed E-state index contributed by atoms with van der Waals surface area (Å²) in [6.07, 6.45) is 0. The van der Waals surface area contributed by atoms with E-state index in [9.17, 15) is 10.1 Å². The highest BCUT2D eigenvalue weighted by atomic mass is 35.5. The number of hydrogen-bond donors (Lipinski definition) is 1. The van der Waals surface area contributed by atoms with Gasteiger partial charge in [-0.1, -0.05) is 11.6 Å². The number of rotatable bonds is 4. The van der Waals surface area contributed by atoms with Crippen molar-refractivity contribution in [2.24, 2.45) is 5.73 Å². The number of ether oxygens (including phenoxy) is 1. The summed E-state index contributed by atoms with van der Waals surface area (Å²) in [5.74, 6) is 0.132. The van der Waals surface area contributed by atoms with E-state index in [-0.39, 0.29) is 23.1 Å². The summed E-state index contributed by atoms with van der Waals surface area (Å²) in [6, 6.07) is 5.66. The fraction of sp³-hybridized carbons (Fsp3) is 0.300. The summed E-state index contributed by atoms with van der Waals surface area (Å²) in [6.45, 7) is 1.38. The monoisotopic (exact) mass is 255 g/mol. The van der Waals surface area contributed by atoms with E-state index in [1.807, 2.05) is 6.07 Å². The molecule has 17 heavy (non-hydrogen) atoms. The average molecular weight is 256 g/mol. The number of nitro benzene ring substituents is 1. The lowest BCUT2D eigenvalue weighted by molar-refractivity contribution is -0.384. The molecular weight excluding hydrogens is 246 g/mol. The van der Waals surface area contributed by atoms with Gasteiger partial charge in [0.2, 0.25) is 0 Å². The first-order valence-corrected chi connectivity index (χ1v) is 5.00. The molecular formula is C10H10ClN3O3. The number of nitrogens with zero attached hydrogens (tertiary/aromatic N) is 2. The molecule has 1 aromatic carbocycles. The van der Waals surface area contributed by atoms with Crippen LogP contribution in [-0.2, 0) is 0 Å². The molecule has 0 aliphatic heterocycles. The number of nitro groups is 1. The van der Waals surface area contributed by atoms with Crippen molar-refractivity contribution in [3.05, 3.63) is 33.3 Å². The van der Waals surface area contributed by atoms with E-state index >= 15 is 0 Å². The highest BCUT2D eigenvalue weighted by Gasteiger charge is 2.20. The molecule has 0 amide bonds. The van der Waals surface area contributed by atoms with Gasteiger partial charge < -0.3 is 10.5 Å². The van der Waals surface area contributed by atoms with Crippen molar-refractivity contribution in [2.75, 3.05) is 6.61 Å². The van der Waals surface area contributed by atoms with Gasteiger partial charge in [-0.15, -0.1) is 0 Å². The molecule has 0 aliphatic rings. The minimum absolute atomic E-state index is 0.107. The first kappa shape index (κ1) is 13.2. The quantitative estimate of drug-likeness (QED) is 0.653. The predicted molar refractivity (Wildman–Crippen MR) is 61.8 cm³/mol. The van der Waals surface area contributed by atoms with Crippen molar-refractivity contribution in [2.45, 2.75) is 12.5 Å². The fourth-order valence-corrected chi connectivity index (χ4v) is 1.15. The molecule has 1 unspecified atom stereocenters. The number of nitriles is 1. The molecule has 0 fully saturated rings. The van der Waals surface area contributed by atoms with E-state index in [1.165, 1.54) is 25.1 Å². The molecule has 0 heterocycles. The summed E-state index contributed by atoms with van der Waals surface area (Å²) in [7, 11) is 0. The molecule has 0 saturated carbocycles. The summed E-state index contributed by atoms with van der Waals surface area (Å²) in [4.78, 5) is 9.99. The van der Waals surface area contributed by atoms with Crippen LogP contribution in [0.2, 0.25) is 5.02 Å². The zero-order valence-electron chi connectivity index (χ0n) is 9.01. The third-order valence-corrected chi connectivity index (χ3v) is 2.22. The Morgan fingerprint density at radius 1 is 1.71 bits per heavy atom. The second-order valence-electron chi connectivity index (χ2n) is 3.69. The maximum Gasteiger partial charge on any atom is 0.273 e. The Kier molecular flexibility index (Phi) is 3.89. The lowest BCUT2D eigenvalue weighted by atomic mass is 10.1. The number of benzene rings is 1. The van der Waals surface area contributed by atoms with Crippen LogP contribution in [0.25, 0.3) is 0 Å². The van der Waals surface area contributed by atoms with Crippen LogP contribution in [0.15, 0.2) is 18.2 Å². The number of hydrogen-bond acceptors (Lipinski definition) is 5. The van der Waals surface area contributed by atoms with E-state index in [0.29, 0.717) is 0 Å². The van der Waals surface area contributed by atoms with Crippen molar-refractivity contribution >= 4 is 17.3 Å². The van der Waals surface area contributed by atoms with Gasteiger partial charge in [0.15, 0.2) is 0 Å². The predicted octanol–water partition coefficient (Wildman–Crippen LogP) is 1.87. The van der Waals surface area contributed by atoms with Crippen molar-refractivity contribution in [1.29, 1.82) is 5.26 Å². The van der Waals surface area contributed by atoms with Crippen molar-refractivity contribution < 1.29 is 9.66 Å². The van der Waals surface area contributed by atoms with Crippen LogP contribution in [0.3, 0.4) is 0 Å². The van der Waals surface area contributed by atoms with Crippen LogP contribution >= 0.6 is 11.6 Å². The number of halogens is 1. The summed E-state index contributed by atoms with van der Waals surface area (Å²) in [5.41, 5.74) is 4.24. The lowest BCUT2D eigenvalue weighted by Crippen LogP contribution is -2.40. The van der Waals surface area contributed by atoms with Crippen LogP contribution in [0.4, 0.5) is 5.69 Å². The number of non-ortho nitro benzene ring substituents is 1. The second kappa shape index (κ2) is 4.99. The molecule has 7 heteroatoms. The SMILES string of the molecule is CC(N)(C#N)COc1cc([N+](=O)[O-])ccc1Cl. The summed E-state index contributed by atoms with van der Waals surface area (Å²) < 4.78 is 5.20. The van der Waals surface area contributed by atoms with Crippen LogP contribution in [0, 0.1) is 21.4 Å². The standard InChI is InChI=1S/C10H10ClN3O3/c1-10(13,5-12)6-17-9-4-7(14(15)16)2-3-8(9)11/h2-4H,6,13H2,1H3. The normalized spacial score (nSPS) is 13.5. The van der Waals surface area contributed by atoms with Crippen LogP contribution in [0.1, 0.15) is 6.92 Å². The Labute approximate surface area is 103 Å². The highest BCUT2D eigenvalue weighted by Crippen LogP contribution is 2.29.